The van der Waals surface area contributed by atoms with Gasteiger partial charge in [-0.2, -0.15) is 0 Å². The Hall–Kier alpha value is -1.09. The molecule has 1 heterocycles. The van der Waals surface area contributed by atoms with Crippen LogP contribution < -0.4 is 0 Å². The number of aryl methyl sites for hydroxylation is 2. The molecule has 2 nitrogen and oxygen atoms in total. The number of hydrogen-bond acceptors (Lipinski definition) is 2. The van der Waals surface area contributed by atoms with Gasteiger partial charge >= 0.3 is 0 Å². The summed E-state index contributed by atoms with van der Waals surface area (Å²) in [5.74, 6) is 1.16. The molecule has 108 valence electrons. The summed E-state index contributed by atoms with van der Waals surface area (Å²) in [4.78, 5) is 10.2. The van der Waals surface area contributed by atoms with Crippen molar-refractivity contribution in [2.24, 2.45) is 4.99 Å². The van der Waals surface area contributed by atoms with E-state index in [1.165, 1.54) is 49.0 Å². The van der Waals surface area contributed by atoms with Gasteiger partial charge in [-0.05, 0) is 57.9 Å². The number of amidine groups is 1. The lowest BCUT2D eigenvalue weighted by Crippen LogP contribution is -2.31. The minimum atomic E-state index is 0.687. The summed E-state index contributed by atoms with van der Waals surface area (Å²) < 4.78 is 0. The molecule has 0 aliphatic heterocycles. The van der Waals surface area contributed by atoms with Crippen molar-refractivity contribution in [3.05, 3.63) is 33.2 Å². The molecule has 3 rings (SSSR count). The molecule has 1 fully saturated rings. The second kappa shape index (κ2) is 5.36. The lowest BCUT2D eigenvalue weighted by molar-refractivity contribution is 0.495. The number of thiophene rings is 1. The summed E-state index contributed by atoms with van der Waals surface area (Å²) in [6.07, 6.45) is 7.76. The predicted octanol–water partition coefficient (Wildman–Crippen LogP) is 4.31. The standard InChI is InChI=1S/C17H24N2S/c1-11(2)18-17(19(4)13-9-10-13)16-12(3)20-15-8-6-5-7-14(15)16/h13H,1,5-10H2,2-4H3. The molecule has 2 aliphatic carbocycles. The molecule has 0 bridgehead atoms. The molecule has 0 saturated heterocycles. The number of aliphatic imine (C=N–C) groups is 1. The van der Waals surface area contributed by atoms with E-state index >= 15 is 0 Å². The molecule has 0 radical (unpaired) electrons. The second-order valence-corrected chi connectivity index (χ2v) is 7.46. The van der Waals surface area contributed by atoms with Crippen LogP contribution in [0.5, 0.6) is 0 Å². The van der Waals surface area contributed by atoms with Crippen LogP contribution in [0.1, 0.15) is 53.5 Å². The Bertz CT molecular complexity index is 564. The zero-order chi connectivity index (χ0) is 14.3. The first-order valence-corrected chi connectivity index (χ1v) is 8.48. The summed E-state index contributed by atoms with van der Waals surface area (Å²) in [5.41, 5.74) is 3.90. The van der Waals surface area contributed by atoms with Crippen molar-refractivity contribution < 1.29 is 0 Å². The molecule has 0 N–H and O–H groups in total. The van der Waals surface area contributed by atoms with Crippen molar-refractivity contribution in [2.45, 2.75) is 58.4 Å². The molecule has 1 aromatic heterocycles. The number of rotatable bonds is 3. The van der Waals surface area contributed by atoms with Gasteiger partial charge in [-0.25, -0.2) is 4.99 Å². The molecule has 0 unspecified atom stereocenters. The van der Waals surface area contributed by atoms with E-state index in [0.717, 1.165) is 11.5 Å². The maximum Gasteiger partial charge on any atom is 0.137 e. The molecule has 0 atom stereocenters. The van der Waals surface area contributed by atoms with Gasteiger partial charge in [-0.3, -0.25) is 0 Å². The Morgan fingerprint density at radius 1 is 1.30 bits per heavy atom. The maximum atomic E-state index is 4.80. The van der Waals surface area contributed by atoms with Gasteiger partial charge in [0.1, 0.15) is 5.84 Å². The van der Waals surface area contributed by atoms with Gasteiger partial charge in [0, 0.05) is 34.1 Å². The van der Waals surface area contributed by atoms with Gasteiger partial charge < -0.3 is 4.90 Å². The Morgan fingerprint density at radius 3 is 2.65 bits per heavy atom. The van der Waals surface area contributed by atoms with Crippen LogP contribution in [0.4, 0.5) is 0 Å². The van der Waals surface area contributed by atoms with E-state index < -0.39 is 0 Å². The summed E-state index contributed by atoms with van der Waals surface area (Å²) >= 11 is 1.98. The van der Waals surface area contributed by atoms with Crippen molar-refractivity contribution >= 4 is 17.2 Å². The Morgan fingerprint density at radius 2 is 2.00 bits per heavy atom. The third kappa shape index (κ3) is 2.56. The van der Waals surface area contributed by atoms with E-state index in [1.807, 2.05) is 18.3 Å². The first kappa shape index (κ1) is 13.9. The molecule has 1 aromatic rings. The summed E-state index contributed by atoms with van der Waals surface area (Å²) in [5, 5.41) is 0. The highest BCUT2D eigenvalue weighted by atomic mass is 32.1. The fourth-order valence-corrected chi connectivity index (χ4v) is 4.38. The van der Waals surface area contributed by atoms with E-state index in [0.29, 0.717) is 6.04 Å². The third-order valence-electron chi connectivity index (χ3n) is 4.30. The quantitative estimate of drug-likeness (QED) is 0.598. The van der Waals surface area contributed by atoms with Gasteiger partial charge in [0.25, 0.3) is 0 Å². The molecular formula is C17H24N2S. The third-order valence-corrected chi connectivity index (χ3v) is 5.50. The van der Waals surface area contributed by atoms with Gasteiger partial charge in [-0.1, -0.05) is 6.58 Å². The van der Waals surface area contributed by atoms with Gasteiger partial charge in [0.05, 0.1) is 0 Å². The van der Waals surface area contributed by atoms with Crippen LogP contribution in [0.3, 0.4) is 0 Å². The predicted molar refractivity (Wildman–Crippen MR) is 87.8 cm³/mol. The van der Waals surface area contributed by atoms with Crippen molar-refractivity contribution in [3.8, 4) is 0 Å². The summed E-state index contributed by atoms with van der Waals surface area (Å²) in [6, 6.07) is 0.687. The van der Waals surface area contributed by atoms with Crippen molar-refractivity contribution in [3.63, 3.8) is 0 Å². The zero-order valence-corrected chi connectivity index (χ0v) is 13.6. The van der Waals surface area contributed by atoms with E-state index in [-0.39, 0.29) is 0 Å². The van der Waals surface area contributed by atoms with Crippen molar-refractivity contribution in [1.82, 2.24) is 4.90 Å². The molecule has 0 amide bonds. The lowest BCUT2D eigenvalue weighted by atomic mass is 9.94. The SMILES string of the molecule is C=C(C)N=C(c1c(C)sc2c1CCCC2)N(C)C1CC1. The Kier molecular flexibility index (Phi) is 3.72. The van der Waals surface area contributed by atoms with Crippen LogP contribution in [0.15, 0.2) is 17.3 Å². The average Bonchev–Trinajstić information content (AvgIpc) is 3.18. The molecule has 1 saturated carbocycles. The van der Waals surface area contributed by atoms with E-state index in [1.54, 1.807) is 10.4 Å². The van der Waals surface area contributed by atoms with Crippen molar-refractivity contribution in [1.29, 1.82) is 0 Å². The monoisotopic (exact) mass is 288 g/mol. The number of nitrogens with zero attached hydrogens (tertiary/aromatic N) is 2. The fourth-order valence-electron chi connectivity index (χ4n) is 3.12. The van der Waals surface area contributed by atoms with Crippen LogP contribution in [-0.4, -0.2) is 23.8 Å². The average molecular weight is 288 g/mol. The normalized spacial score (nSPS) is 18.9. The molecule has 2 aliphatic rings. The number of fused-ring (bicyclic) bond motifs is 1. The highest BCUT2D eigenvalue weighted by Crippen LogP contribution is 2.37. The van der Waals surface area contributed by atoms with Crippen LogP contribution in [-0.2, 0) is 12.8 Å². The largest absolute Gasteiger partial charge is 0.356 e. The number of hydrogen-bond donors (Lipinski definition) is 0. The summed E-state index contributed by atoms with van der Waals surface area (Å²) in [6.45, 7) is 8.25. The zero-order valence-electron chi connectivity index (χ0n) is 12.8. The van der Waals surface area contributed by atoms with E-state index in [9.17, 15) is 0 Å². The topological polar surface area (TPSA) is 15.6 Å². The van der Waals surface area contributed by atoms with E-state index in [2.05, 4.69) is 25.5 Å². The Labute approximate surface area is 126 Å². The smallest absolute Gasteiger partial charge is 0.137 e. The fraction of sp³-hybridized carbons (Fsp3) is 0.588. The van der Waals surface area contributed by atoms with Crippen molar-refractivity contribution in [2.75, 3.05) is 7.05 Å². The van der Waals surface area contributed by atoms with Crippen LogP contribution >= 0.6 is 11.3 Å². The molecular weight excluding hydrogens is 264 g/mol. The molecule has 0 spiro atoms. The molecule has 20 heavy (non-hydrogen) atoms. The maximum absolute atomic E-state index is 4.80. The minimum absolute atomic E-state index is 0.687. The van der Waals surface area contributed by atoms with Gasteiger partial charge in [-0.15, -0.1) is 11.3 Å². The van der Waals surface area contributed by atoms with Crippen LogP contribution in [0.2, 0.25) is 0 Å². The lowest BCUT2D eigenvalue weighted by Gasteiger charge is -2.23. The highest BCUT2D eigenvalue weighted by molar-refractivity contribution is 7.12. The number of allylic oxidation sites excluding steroid dienone is 1. The first-order chi connectivity index (χ1) is 9.58. The van der Waals surface area contributed by atoms with Crippen LogP contribution in [0.25, 0.3) is 0 Å². The second-order valence-electron chi connectivity index (χ2n) is 6.15. The minimum Gasteiger partial charge on any atom is -0.356 e. The van der Waals surface area contributed by atoms with Gasteiger partial charge in [0.2, 0.25) is 0 Å². The molecule has 0 aromatic carbocycles. The summed E-state index contributed by atoms with van der Waals surface area (Å²) in [7, 11) is 2.20. The first-order valence-electron chi connectivity index (χ1n) is 7.66. The van der Waals surface area contributed by atoms with Crippen LogP contribution in [0, 0.1) is 6.92 Å². The van der Waals surface area contributed by atoms with Gasteiger partial charge in [0.15, 0.2) is 0 Å². The highest BCUT2D eigenvalue weighted by Gasteiger charge is 2.32. The Balaban J connectivity index is 2.07. The molecule has 3 heteroatoms. The van der Waals surface area contributed by atoms with E-state index in [4.69, 9.17) is 4.99 Å².